The lowest BCUT2D eigenvalue weighted by atomic mass is 9.70. The summed E-state index contributed by atoms with van der Waals surface area (Å²) in [6.45, 7) is 11.5. The minimum atomic E-state index is -1.26. The molecule has 3 aliphatic rings. The number of benzene rings is 1. The van der Waals surface area contributed by atoms with Gasteiger partial charge in [-0.25, -0.2) is 0 Å². The van der Waals surface area contributed by atoms with Gasteiger partial charge in [-0.1, -0.05) is 41.9 Å². The predicted molar refractivity (Wildman–Crippen MR) is 154 cm³/mol. The summed E-state index contributed by atoms with van der Waals surface area (Å²) >= 11 is 3.67. The summed E-state index contributed by atoms with van der Waals surface area (Å²) in [5, 5.41) is 10.5. The second-order valence-corrected chi connectivity index (χ2v) is 12.2. The number of rotatable bonds is 13. The van der Waals surface area contributed by atoms with Gasteiger partial charge >= 0.3 is 5.97 Å². The number of hydrogen-bond donors (Lipinski definition) is 1. The first-order chi connectivity index (χ1) is 19.1. The lowest BCUT2D eigenvalue weighted by molar-refractivity contribution is -0.155. The zero-order chi connectivity index (χ0) is 29.2. The van der Waals surface area contributed by atoms with Crippen molar-refractivity contribution in [3.05, 3.63) is 49.6 Å². The smallest absolute Gasteiger partial charge is 0.312 e. The molecular formula is C30H39BrN2O7. The highest BCUT2D eigenvalue weighted by atomic mass is 79.9. The Labute approximate surface area is 244 Å². The van der Waals surface area contributed by atoms with Gasteiger partial charge in [-0.15, -0.1) is 13.2 Å². The molecule has 4 rings (SSSR count). The number of halogens is 1. The molecule has 218 valence electrons. The third kappa shape index (κ3) is 5.21. The molecule has 0 saturated carbocycles. The van der Waals surface area contributed by atoms with Crippen molar-refractivity contribution in [2.45, 2.75) is 61.7 Å². The fourth-order valence-corrected chi connectivity index (χ4v) is 7.47. The summed E-state index contributed by atoms with van der Waals surface area (Å²) in [4.78, 5) is 45.1. The Hall–Kier alpha value is -2.69. The van der Waals surface area contributed by atoms with Gasteiger partial charge in [0.25, 0.3) is 5.91 Å². The zero-order valence-corrected chi connectivity index (χ0v) is 24.9. The number of alkyl halides is 1. The van der Waals surface area contributed by atoms with Crippen LogP contribution < -0.4 is 9.64 Å². The maximum Gasteiger partial charge on any atom is 0.312 e. The molecule has 10 heteroatoms. The Morgan fingerprint density at radius 3 is 2.55 bits per heavy atom. The summed E-state index contributed by atoms with van der Waals surface area (Å²) in [6.07, 6.45) is 3.99. The van der Waals surface area contributed by atoms with E-state index in [-0.39, 0.29) is 42.3 Å². The van der Waals surface area contributed by atoms with Crippen LogP contribution in [0.5, 0.6) is 5.75 Å². The molecule has 0 aliphatic carbocycles. The van der Waals surface area contributed by atoms with E-state index >= 15 is 0 Å². The first-order valence-electron chi connectivity index (χ1n) is 13.7. The zero-order valence-electron chi connectivity index (χ0n) is 23.3. The van der Waals surface area contributed by atoms with Gasteiger partial charge in [0.15, 0.2) is 0 Å². The lowest BCUT2D eigenvalue weighted by Crippen LogP contribution is -2.59. The number of anilines is 1. The monoisotopic (exact) mass is 618 g/mol. The number of hydrogen-bond acceptors (Lipinski definition) is 7. The van der Waals surface area contributed by atoms with Crippen LogP contribution in [0.2, 0.25) is 0 Å². The molecule has 3 heterocycles. The van der Waals surface area contributed by atoms with Crippen molar-refractivity contribution in [1.82, 2.24) is 4.90 Å². The van der Waals surface area contributed by atoms with E-state index in [1.165, 1.54) is 4.90 Å². The number of carbonyl (C=O) groups excluding carboxylic acids is 3. The van der Waals surface area contributed by atoms with Crippen molar-refractivity contribution >= 4 is 39.4 Å². The number of carbonyl (C=O) groups is 3. The van der Waals surface area contributed by atoms with Gasteiger partial charge in [0.2, 0.25) is 5.91 Å². The summed E-state index contributed by atoms with van der Waals surface area (Å²) in [5.41, 5.74) is -0.656. The Bertz CT molecular complexity index is 1130. The standard InChI is InChI=1S/C30H39BrN2O7/c1-6-8-14-39-29(37)23-24-27(35)33(20(17-34)15-18(3)4)26(30(24)16-22(31)25(23)40-30)28(36)32(13-7-2)19-9-11-21(38-5)12-10-19/h6-7,9-12,18,20,22-26,34H,1-2,8,13-17H2,3-5H3/t20-,22?,23+,24+,25+,26?,30?/m1/s1. The fraction of sp³-hybridized carbons (Fsp3) is 0.567. The summed E-state index contributed by atoms with van der Waals surface area (Å²) in [5.74, 6) is -2.23. The molecule has 2 amide bonds. The third-order valence-corrected chi connectivity index (χ3v) is 8.95. The van der Waals surface area contributed by atoms with E-state index in [0.717, 1.165) is 0 Å². The van der Waals surface area contributed by atoms with Crippen molar-refractivity contribution in [3.8, 4) is 5.75 Å². The molecule has 1 aromatic carbocycles. The van der Waals surface area contributed by atoms with Crippen molar-refractivity contribution in [2.24, 2.45) is 17.8 Å². The van der Waals surface area contributed by atoms with E-state index in [2.05, 4.69) is 29.1 Å². The number of amides is 2. The van der Waals surface area contributed by atoms with Crippen LogP contribution in [-0.2, 0) is 23.9 Å². The molecule has 7 atom stereocenters. The largest absolute Gasteiger partial charge is 0.497 e. The maximum atomic E-state index is 14.6. The molecule has 1 aromatic rings. The fourth-order valence-electron chi connectivity index (χ4n) is 6.53. The molecule has 1 N–H and O–H groups in total. The van der Waals surface area contributed by atoms with E-state index in [9.17, 15) is 19.5 Å². The number of nitrogens with zero attached hydrogens (tertiary/aromatic N) is 2. The Morgan fingerprint density at radius 2 is 1.98 bits per heavy atom. The molecule has 3 unspecified atom stereocenters. The van der Waals surface area contributed by atoms with E-state index in [1.54, 1.807) is 48.4 Å². The molecule has 40 heavy (non-hydrogen) atoms. The number of likely N-dealkylation sites (tertiary alicyclic amines) is 1. The highest BCUT2D eigenvalue weighted by Gasteiger charge is 2.77. The van der Waals surface area contributed by atoms with Gasteiger partial charge in [-0.3, -0.25) is 14.4 Å². The Balaban J connectivity index is 1.80. The molecule has 1 spiro atoms. The number of esters is 1. The third-order valence-electron chi connectivity index (χ3n) is 8.11. The van der Waals surface area contributed by atoms with Crippen molar-refractivity contribution in [2.75, 3.05) is 31.8 Å². The number of ether oxygens (including phenoxy) is 3. The molecule has 9 nitrogen and oxygen atoms in total. The van der Waals surface area contributed by atoms with Crippen LogP contribution >= 0.6 is 15.9 Å². The average Bonchev–Trinajstić information content (AvgIpc) is 3.53. The average molecular weight is 620 g/mol. The maximum absolute atomic E-state index is 14.6. The van der Waals surface area contributed by atoms with Gasteiger partial charge in [-0.2, -0.15) is 0 Å². The van der Waals surface area contributed by atoms with Crippen LogP contribution in [0.15, 0.2) is 49.6 Å². The van der Waals surface area contributed by atoms with Gasteiger partial charge in [-0.05, 0) is 49.4 Å². The Kier molecular flexibility index (Phi) is 9.42. The molecule has 2 bridgehead atoms. The molecule has 3 aliphatic heterocycles. The normalized spacial score (nSPS) is 29.3. The summed E-state index contributed by atoms with van der Waals surface area (Å²) in [7, 11) is 1.57. The van der Waals surface area contributed by atoms with Crippen LogP contribution in [0.4, 0.5) is 5.69 Å². The molecular weight excluding hydrogens is 580 g/mol. The van der Waals surface area contributed by atoms with E-state index in [0.29, 0.717) is 30.7 Å². The minimum Gasteiger partial charge on any atom is -0.497 e. The van der Waals surface area contributed by atoms with Gasteiger partial charge in [0.05, 0.1) is 44.3 Å². The molecule has 3 saturated heterocycles. The molecule has 0 radical (unpaired) electrons. The number of aliphatic hydroxyl groups excluding tert-OH is 1. The van der Waals surface area contributed by atoms with Crippen LogP contribution in [0.1, 0.15) is 33.1 Å². The SMILES string of the molecule is C=CCCOC(=O)[C@H]1[C@H]2C(=O)N([C@@H](CO)CC(C)C)C(C(=O)N(CC=C)c3ccc(OC)cc3)C23CC(Br)[C@@H]1O3. The second-order valence-electron chi connectivity index (χ2n) is 11.1. The molecule has 0 aromatic heterocycles. The van der Waals surface area contributed by atoms with E-state index < -0.39 is 41.6 Å². The predicted octanol–water partition coefficient (Wildman–Crippen LogP) is 3.49. The van der Waals surface area contributed by atoms with E-state index in [1.807, 2.05) is 13.8 Å². The first-order valence-corrected chi connectivity index (χ1v) is 14.6. The highest BCUT2D eigenvalue weighted by Crippen LogP contribution is 2.61. The molecule has 3 fully saturated rings. The Morgan fingerprint density at radius 1 is 1.27 bits per heavy atom. The van der Waals surface area contributed by atoms with E-state index in [4.69, 9.17) is 14.2 Å². The highest BCUT2D eigenvalue weighted by molar-refractivity contribution is 9.09. The first kappa shape index (κ1) is 30.3. The number of methoxy groups -OCH3 is 1. The lowest BCUT2D eigenvalue weighted by Gasteiger charge is -2.39. The summed E-state index contributed by atoms with van der Waals surface area (Å²) < 4.78 is 17.4. The second kappa shape index (κ2) is 12.4. The number of aliphatic hydroxyl groups is 1. The number of fused-ring (bicyclic) bond motifs is 1. The van der Waals surface area contributed by atoms with Gasteiger partial charge < -0.3 is 29.1 Å². The minimum absolute atomic E-state index is 0.144. The van der Waals surface area contributed by atoms with Gasteiger partial charge in [0, 0.05) is 17.1 Å². The van der Waals surface area contributed by atoms with Crippen LogP contribution in [0, 0.1) is 17.8 Å². The van der Waals surface area contributed by atoms with Crippen LogP contribution in [0.25, 0.3) is 0 Å². The van der Waals surface area contributed by atoms with Crippen LogP contribution in [-0.4, -0.2) is 83.3 Å². The van der Waals surface area contributed by atoms with Crippen molar-refractivity contribution in [1.29, 1.82) is 0 Å². The quantitative estimate of drug-likeness (QED) is 0.156. The topological polar surface area (TPSA) is 106 Å². The van der Waals surface area contributed by atoms with Gasteiger partial charge in [0.1, 0.15) is 17.4 Å². The summed E-state index contributed by atoms with van der Waals surface area (Å²) in [6, 6.07) is 5.38. The van der Waals surface area contributed by atoms with Crippen molar-refractivity contribution in [3.63, 3.8) is 0 Å². The van der Waals surface area contributed by atoms with Crippen molar-refractivity contribution < 1.29 is 33.7 Å². The van der Waals surface area contributed by atoms with Crippen LogP contribution in [0.3, 0.4) is 0 Å².